The molecule has 0 radical (unpaired) electrons. The van der Waals surface area contributed by atoms with Gasteiger partial charge in [-0.1, -0.05) is 29.8 Å². The lowest BCUT2D eigenvalue weighted by Crippen LogP contribution is -2.42. The molecule has 0 aliphatic carbocycles. The first-order valence-corrected chi connectivity index (χ1v) is 9.19. The van der Waals surface area contributed by atoms with Crippen LogP contribution in [0.3, 0.4) is 0 Å². The second-order valence-electron chi connectivity index (χ2n) is 5.40. The molecule has 0 unspecified atom stereocenters. The molecule has 26 heavy (non-hydrogen) atoms. The number of benzene rings is 2. The molecule has 10 heteroatoms. The Bertz CT molecular complexity index is 930. The Morgan fingerprint density at radius 2 is 1.81 bits per heavy atom. The third-order valence-corrected chi connectivity index (χ3v) is 5.91. The fraction of sp³-hybridized carbons (Fsp3) is 0.188. The molecule has 2 rings (SSSR count). The van der Waals surface area contributed by atoms with Gasteiger partial charge in [0.1, 0.15) is 6.04 Å². The minimum Gasteiger partial charge on any atom is -0.480 e. The van der Waals surface area contributed by atoms with Crippen LogP contribution in [0.1, 0.15) is 12.5 Å². The van der Waals surface area contributed by atoms with Crippen LogP contribution >= 0.6 is 11.6 Å². The molecule has 0 aromatic heterocycles. The first-order valence-electron chi connectivity index (χ1n) is 7.37. The molecule has 0 saturated heterocycles. The minimum absolute atomic E-state index is 0.0862. The molecule has 0 bridgehead atoms. The standard InChI is InChI=1S/C16H15ClN2O6S/c1-11(16(20)21)18(10-12-4-2-3-5-15(12)19(22)23)26(24,25)14-8-6-13(17)7-9-14/h2-9,11H,10H2,1H3,(H,20,21)/t11-/m0/s1. The molecule has 0 amide bonds. The van der Waals surface area contributed by atoms with Crippen LogP contribution in [0, 0.1) is 10.1 Å². The lowest BCUT2D eigenvalue weighted by atomic mass is 10.1. The van der Waals surface area contributed by atoms with Crippen LogP contribution in [-0.2, 0) is 21.4 Å². The highest BCUT2D eigenvalue weighted by Gasteiger charge is 2.34. The van der Waals surface area contributed by atoms with Gasteiger partial charge in [0.2, 0.25) is 10.0 Å². The molecule has 0 aliphatic heterocycles. The number of carboxylic acids is 1. The lowest BCUT2D eigenvalue weighted by molar-refractivity contribution is -0.385. The van der Waals surface area contributed by atoms with Gasteiger partial charge in [0.05, 0.1) is 9.82 Å². The van der Waals surface area contributed by atoms with Gasteiger partial charge in [-0.2, -0.15) is 4.31 Å². The van der Waals surface area contributed by atoms with E-state index in [1.54, 1.807) is 0 Å². The normalized spacial score (nSPS) is 12.7. The number of carbonyl (C=O) groups is 1. The van der Waals surface area contributed by atoms with Gasteiger partial charge in [-0.3, -0.25) is 14.9 Å². The topological polar surface area (TPSA) is 118 Å². The largest absolute Gasteiger partial charge is 0.480 e. The Balaban J connectivity index is 2.53. The maximum absolute atomic E-state index is 12.9. The number of nitrogens with zero attached hydrogens (tertiary/aromatic N) is 2. The van der Waals surface area contributed by atoms with Gasteiger partial charge < -0.3 is 5.11 Å². The number of carboxylic acid groups (broad SMARTS) is 1. The first kappa shape index (κ1) is 19.8. The SMILES string of the molecule is C[C@@H](C(=O)O)N(Cc1ccccc1[N+](=O)[O-])S(=O)(=O)c1ccc(Cl)cc1. The minimum atomic E-state index is -4.23. The van der Waals surface area contributed by atoms with Gasteiger partial charge >= 0.3 is 5.97 Å². The van der Waals surface area contributed by atoms with Crippen molar-refractivity contribution in [1.82, 2.24) is 4.31 Å². The maximum atomic E-state index is 12.9. The number of hydrogen-bond donors (Lipinski definition) is 1. The Morgan fingerprint density at radius 3 is 2.35 bits per heavy atom. The fourth-order valence-corrected chi connectivity index (χ4v) is 3.98. The molecule has 0 spiro atoms. The second-order valence-corrected chi connectivity index (χ2v) is 7.73. The zero-order valence-corrected chi connectivity index (χ0v) is 15.1. The van der Waals surface area contributed by atoms with Crippen molar-refractivity contribution in [1.29, 1.82) is 0 Å². The van der Waals surface area contributed by atoms with Crippen LogP contribution in [0.15, 0.2) is 53.4 Å². The van der Waals surface area contributed by atoms with E-state index in [2.05, 4.69) is 0 Å². The highest BCUT2D eigenvalue weighted by molar-refractivity contribution is 7.89. The summed E-state index contributed by atoms with van der Waals surface area (Å²) in [6.45, 7) is 0.736. The third-order valence-electron chi connectivity index (χ3n) is 3.72. The van der Waals surface area contributed by atoms with Crippen LogP contribution in [0.25, 0.3) is 0 Å². The Kier molecular flexibility index (Phi) is 5.96. The molecule has 138 valence electrons. The van der Waals surface area contributed by atoms with Gasteiger partial charge in [-0.15, -0.1) is 0 Å². The summed E-state index contributed by atoms with van der Waals surface area (Å²) in [6.07, 6.45) is 0. The van der Waals surface area contributed by atoms with Crippen molar-refractivity contribution in [3.05, 3.63) is 69.2 Å². The van der Waals surface area contributed by atoms with Crippen LogP contribution in [0.4, 0.5) is 5.69 Å². The van der Waals surface area contributed by atoms with E-state index in [0.717, 1.165) is 0 Å². The molecular weight excluding hydrogens is 384 g/mol. The molecular formula is C16H15ClN2O6S. The number of rotatable bonds is 7. The fourth-order valence-electron chi connectivity index (χ4n) is 2.29. The van der Waals surface area contributed by atoms with Gasteiger partial charge in [0.15, 0.2) is 0 Å². The Morgan fingerprint density at radius 1 is 1.23 bits per heavy atom. The van der Waals surface area contributed by atoms with E-state index in [1.807, 2.05) is 0 Å². The monoisotopic (exact) mass is 398 g/mol. The van der Waals surface area contributed by atoms with Crippen LogP contribution < -0.4 is 0 Å². The highest BCUT2D eigenvalue weighted by atomic mass is 35.5. The average Bonchev–Trinajstić information content (AvgIpc) is 2.59. The number of sulfonamides is 1. The Hall–Kier alpha value is -2.49. The molecule has 2 aromatic carbocycles. The van der Waals surface area contributed by atoms with Crippen LogP contribution in [0.2, 0.25) is 5.02 Å². The van der Waals surface area contributed by atoms with Crippen molar-refractivity contribution < 1.29 is 23.2 Å². The van der Waals surface area contributed by atoms with E-state index in [0.29, 0.717) is 9.33 Å². The number of nitro groups is 1. The molecule has 0 saturated carbocycles. The van der Waals surface area contributed by atoms with Crippen molar-refractivity contribution in [2.75, 3.05) is 0 Å². The maximum Gasteiger partial charge on any atom is 0.321 e. The summed E-state index contributed by atoms with van der Waals surface area (Å²) < 4.78 is 26.6. The van der Waals surface area contributed by atoms with Crippen molar-refractivity contribution in [3.63, 3.8) is 0 Å². The average molecular weight is 399 g/mol. The predicted molar refractivity (Wildman–Crippen MR) is 94.4 cm³/mol. The number of halogens is 1. The summed E-state index contributed by atoms with van der Waals surface area (Å²) in [5, 5.41) is 20.8. The molecule has 1 atom stereocenters. The van der Waals surface area contributed by atoms with Crippen LogP contribution in [0.5, 0.6) is 0 Å². The van der Waals surface area contributed by atoms with Gasteiger partial charge in [0.25, 0.3) is 5.69 Å². The summed E-state index contributed by atoms with van der Waals surface area (Å²) in [5.74, 6) is -1.37. The summed E-state index contributed by atoms with van der Waals surface area (Å²) in [7, 11) is -4.23. The number of aliphatic carboxylic acids is 1. The molecule has 0 fully saturated rings. The van der Waals surface area contributed by atoms with E-state index in [-0.39, 0.29) is 16.1 Å². The number of nitro benzene ring substituents is 1. The summed E-state index contributed by atoms with van der Waals surface area (Å²) in [5.41, 5.74) is -0.204. The Labute approximate surface area is 154 Å². The second kappa shape index (κ2) is 7.81. The van der Waals surface area contributed by atoms with Crippen molar-refractivity contribution >= 4 is 33.3 Å². The quantitative estimate of drug-likeness (QED) is 0.565. The zero-order valence-electron chi connectivity index (χ0n) is 13.6. The zero-order chi connectivity index (χ0) is 19.5. The van der Waals surface area contributed by atoms with E-state index in [1.165, 1.54) is 55.5 Å². The van der Waals surface area contributed by atoms with Gasteiger partial charge in [-0.05, 0) is 31.2 Å². The molecule has 2 aromatic rings. The smallest absolute Gasteiger partial charge is 0.321 e. The summed E-state index contributed by atoms with van der Waals surface area (Å²) in [6, 6.07) is 9.37. The molecule has 0 heterocycles. The first-order chi connectivity index (χ1) is 12.1. The van der Waals surface area contributed by atoms with Crippen molar-refractivity contribution in [3.8, 4) is 0 Å². The molecule has 0 aliphatic rings. The van der Waals surface area contributed by atoms with Gasteiger partial charge in [-0.25, -0.2) is 8.42 Å². The van der Waals surface area contributed by atoms with E-state index >= 15 is 0 Å². The molecule has 8 nitrogen and oxygen atoms in total. The number of hydrogen-bond acceptors (Lipinski definition) is 5. The summed E-state index contributed by atoms with van der Waals surface area (Å²) in [4.78, 5) is 21.8. The predicted octanol–water partition coefficient (Wildman–Crippen LogP) is 2.91. The van der Waals surface area contributed by atoms with E-state index in [9.17, 15) is 28.4 Å². The van der Waals surface area contributed by atoms with Gasteiger partial charge in [0, 0.05) is 23.2 Å². The third kappa shape index (κ3) is 4.18. The van der Waals surface area contributed by atoms with E-state index < -0.39 is 33.5 Å². The number of para-hydroxylation sites is 1. The summed E-state index contributed by atoms with van der Waals surface area (Å²) >= 11 is 5.76. The van der Waals surface area contributed by atoms with Crippen LogP contribution in [-0.4, -0.2) is 34.8 Å². The van der Waals surface area contributed by atoms with Crippen molar-refractivity contribution in [2.45, 2.75) is 24.4 Å². The van der Waals surface area contributed by atoms with E-state index in [4.69, 9.17) is 11.6 Å². The lowest BCUT2D eigenvalue weighted by Gasteiger charge is -2.25. The van der Waals surface area contributed by atoms with Crippen molar-refractivity contribution in [2.24, 2.45) is 0 Å². The highest BCUT2D eigenvalue weighted by Crippen LogP contribution is 2.26. The molecule has 1 N–H and O–H groups in total.